The molecule has 2 N–H and O–H groups in total. The van der Waals surface area contributed by atoms with Gasteiger partial charge in [-0.1, -0.05) is 81.4 Å². The van der Waals surface area contributed by atoms with Crippen LogP contribution >= 0.6 is 0 Å². The molecule has 0 heterocycles. The van der Waals surface area contributed by atoms with Crippen molar-refractivity contribution in [1.29, 1.82) is 0 Å². The molecule has 0 fully saturated rings. The lowest BCUT2D eigenvalue weighted by atomic mass is 10.1. The molecule has 0 unspecified atom stereocenters. The summed E-state index contributed by atoms with van der Waals surface area (Å²) in [4.78, 5) is 24.5. The first-order valence-electron chi connectivity index (χ1n) is 11.8. The van der Waals surface area contributed by atoms with Crippen LogP contribution in [0, 0.1) is 0 Å². The Balaban J connectivity index is 2.42. The van der Waals surface area contributed by atoms with Crippen LogP contribution in [0.15, 0.2) is 60.7 Å². The number of benzene rings is 2. The second kappa shape index (κ2) is 11.7. The normalized spacial score (nSPS) is 13.1. The highest BCUT2D eigenvalue weighted by Crippen LogP contribution is 2.36. The van der Waals surface area contributed by atoms with E-state index in [4.69, 9.17) is 9.16 Å². The Labute approximate surface area is 205 Å². The maximum Gasteiger partial charge on any atom is 0.407 e. The molecule has 2 rings (SSSR count). The van der Waals surface area contributed by atoms with E-state index in [1.54, 1.807) is 7.05 Å². The number of hydrogen-bond acceptors (Lipinski definition) is 4. The molecular weight excluding hydrogens is 444 g/mol. The van der Waals surface area contributed by atoms with Gasteiger partial charge in [-0.2, -0.15) is 0 Å². The lowest BCUT2D eigenvalue weighted by Crippen LogP contribution is -2.67. The molecule has 0 radical (unpaired) electrons. The summed E-state index contributed by atoms with van der Waals surface area (Å²) in [6.45, 7) is 12.4. The third-order valence-corrected chi connectivity index (χ3v) is 10.6. The van der Waals surface area contributed by atoms with Crippen molar-refractivity contribution in [3.63, 3.8) is 0 Å². The molecule has 186 valence electrons. The lowest BCUT2D eigenvalue weighted by molar-refractivity contribution is -0.120. The zero-order valence-corrected chi connectivity index (χ0v) is 22.6. The van der Waals surface area contributed by atoms with E-state index >= 15 is 0 Å². The topological polar surface area (TPSA) is 76.7 Å². The third kappa shape index (κ3) is 7.43. The van der Waals surface area contributed by atoms with Crippen LogP contribution in [0.4, 0.5) is 4.79 Å². The maximum atomic E-state index is 12.6. The molecule has 2 aromatic carbocycles. The van der Waals surface area contributed by atoms with E-state index < -0.39 is 20.0 Å². The zero-order valence-electron chi connectivity index (χ0n) is 21.6. The van der Waals surface area contributed by atoms with E-state index in [-0.39, 0.29) is 30.0 Å². The average molecular weight is 485 g/mol. The maximum absolute atomic E-state index is 12.6. The van der Waals surface area contributed by atoms with Crippen molar-refractivity contribution in [1.82, 2.24) is 10.6 Å². The number of ether oxygens (including phenoxy) is 1. The summed E-state index contributed by atoms with van der Waals surface area (Å²) < 4.78 is 12.4. The number of nitrogens with one attached hydrogen (secondary N) is 2. The van der Waals surface area contributed by atoms with E-state index in [0.717, 1.165) is 10.4 Å². The fraction of sp³-hybridized carbons (Fsp3) is 0.481. The summed E-state index contributed by atoms with van der Waals surface area (Å²) in [5, 5.41) is 7.72. The fourth-order valence-corrected chi connectivity index (χ4v) is 8.70. The molecule has 0 spiro atoms. The van der Waals surface area contributed by atoms with Crippen LogP contribution < -0.4 is 21.0 Å². The molecule has 6 nitrogen and oxygen atoms in total. The Morgan fingerprint density at radius 3 is 1.79 bits per heavy atom. The van der Waals surface area contributed by atoms with Crippen molar-refractivity contribution in [2.45, 2.75) is 71.1 Å². The molecular formula is C27H40N2O4Si. The molecule has 0 saturated heterocycles. The molecule has 0 aromatic heterocycles. The Morgan fingerprint density at radius 1 is 0.882 bits per heavy atom. The van der Waals surface area contributed by atoms with E-state index in [1.165, 1.54) is 0 Å². The minimum absolute atomic E-state index is 0.0820. The molecule has 0 aliphatic rings. The van der Waals surface area contributed by atoms with Gasteiger partial charge in [-0.3, -0.25) is 4.79 Å². The van der Waals surface area contributed by atoms with Crippen LogP contribution in [0.2, 0.25) is 5.04 Å². The van der Waals surface area contributed by atoms with Crippen LogP contribution in [0.3, 0.4) is 0 Å². The molecule has 0 bridgehead atoms. The summed E-state index contributed by atoms with van der Waals surface area (Å²) in [7, 11) is -1.16. The summed E-state index contributed by atoms with van der Waals surface area (Å²) >= 11 is 0. The Kier molecular flexibility index (Phi) is 9.47. The van der Waals surface area contributed by atoms with Crippen LogP contribution in [0.5, 0.6) is 0 Å². The van der Waals surface area contributed by atoms with Crippen LogP contribution in [0.25, 0.3) is 0 Å². The molecule has 2 amide bonds. The SMILES string of the molecule is CNC(=O)CC[C@@H](CO[Si](c1ccccc1)(c1ccccc1)C(C)(C)C)NC(=O)OC(C)(C)C. The minimum Gasteiger partial charge on any atom is -0.444 e. The Hall–Kier alpha value is -2.64. The van der Waals surface area contributed by atoms with E-state index in [2.05, 4.69) is 55.7 Å². The van der Waals surface area contributed by atoms with Gasteiger partial charge in [0.15, 0.2) is 0 Å². The van der Waals surface area contributed by atoms with Gasteiger partial charge in [0.05, 0.1) is 12.6 Å². The average Bonchev–Trinajstić information content (AvgIpc) is 2.76. The third-order valence-electron chi connectivity index (χ3n) is 5.64. The molecule has 2 aromatic rings. The standard InChI is InChI=1S/C27H40N2O4Si/c1-26(2,3)33-25(31)29-21(18-19-24(30)28-7)20-32-34(27(4,5)6,22-14-10-8-11-15-22)23-16-12-9-13-17-23/h8-17,21H,18-20H2,1-7H3,(H,28,30)(H,29,31)/t21-/m0/s1. The number of hydrogen-bond donors (Lipinski definition) is 2. The predicted molar refractivity (Wildman–Crippen MR) is 140 cm³/mol. The zero-order chi connectivity index (χ0) is 25.4. The highest BCUT2D eigenvalue weighted by Gasteiger charge is 2.50. The van der Waals surface area contributed by atoms with Crippen molar-refractivity contribution in [3.05, 3.63) is 60.7 Å². The van der Waals surface area contributed by atoms with Gasteiger partial charge < -0.3 is 19.8 Å². The molecule has 1 atom stereocenters. The quantitative estimate of drug-likeness (QED) is 0.528. The molecule has 0 saturated carbocycles. The van der Waals surface area contributed by atoms with E-state index in [1.807, 2.05) is 57.2 Å². The van der Waals surface area contributed by atoms with Crippen LogP contribution in [-0.2, 0) is 14.0 Å². The van der Waals surface area contributed by atoms with Crippen molar-refractivity contribution in [2.75, 3.05) is 13.7 Å². The van der Waals surface area contributed by atoms with E-state index in [0.29, 0.717) is 6.42 Å². The van der Waals surface area contributed by atoms with Gasteiger partial charge in [0.2, 0.25) is 5.91 Å². The van der Waals surface area contributed by atoms with Crippen molar-refractivity contribution >= 4 is 30.7 Å². The van der Waals surface area contributed by atoms with Gasteiger partial charge in [-0.05, 0) is 42.6 Å². The van der Waals surface area contributed by atoms with Crippen molar-refractivity contribution in [2.24, 2.45) is 0 Å². The van der Waals surface area contributed by atoms with Gasteiger partial charge in [-0.15, -0.1) is 0 Å². The first-order chi connectivity index (χ1) is 15.9. The monoisotopic (exact) mass is 484 g/mol. The van der Waals surface area contributed by atoms with Gasteiger partial charge in [-0.25, -0.2) is 4.79 Å². The van der Waals surface area contributed by atoms with Gasteiger partial charge in [0, 0.05) is 13.5 Å². The second-order valence-corrected chi connectivity index (χ2v) is 14.8. The van der Waals surface area contributed by atoms with Gasteiger partial charge >= 0.3 is 6.09 Å². The summed E-state index contributed by atoms with van der Waals surface area (Å²) in [6, 6.07) is 20.3. The van der Waals surface area contributed by atoms with E-state index in [9.17, 15) is 9.59 Å². The molecule has 0 aliphatic heterocycles. The number of carbonyl (C=O) groups is 2. The minimum atomic E-state index is -2.77. The predicted octanol–water partition coefficient (Wildman–Crippen LogP) is 3.98. The smallest absolute Gasteiger partial charge is 0.407 e. The molecule has 0 aliphatic carbocycles. The fourth-order valence-electron chi connectivity index (χ4n) is 4.09. The summed E-state index contributed by atoms with van der Waals surface area (Å²) in [5.41, 5.74) is -0.617. The first kappa shape index (κ1) is 27.6. The second-order valence-electron chi connectivity index (χ2n) is 10.5. The van der Waals surface area contributed by atoms with Crippen LogP contribution in [-0.4, -0.2) is 45.6 Å². The summed E-state index contributed by atoms with van der Waals surface area (Å²) in [6.07, 6.45) is 0.207. The number of amides is 2. The summed E-state index contributed by atoms with van der Waals surface area (Å²) in [5.74, 6) is -0.0820. The lowest BCUT2D eigenvalue weighted by Gasteiger charge is -2.43. The molecule has 34 heavy (non-hydrogen) atoms. The highest BCUT2D eigenvalue weighted by atomic mass is 28.4. The van der Waals surface area contributed by atoms with Crippen molar-refractivity contribution in [3.8, 4) is 0 Å². The number of rotatable bonds is 9. The van der Waals surface area contributed by atoms with Crippen LogP contribution in [0.1, 0.15) is 54.4 Å². The van der Waals surface area contributed by atoms with Crippen molar-refractivity contribution < 1.29 is 18.8 Å². The Bertz CT molecular complexity index is 882. The number of carbonyl (C=O) groups excluding carboxylic acids is 2. The number of alkyl carbamates (subject to hydrolysis) is 1. The highest BCUT2D eigenvalue weighted by molar-refractivity contribution is 6.99. The van der Waals surface area contributed by atoms with Gasteiger partial charge in [0.25, 0.3) is 8.32 Å². The first-order valence-corrected chi connectivity index (χ1v) is 13.7. The Morgan fingerprint density at radius 2 is 1.38 bits per heavy atom. The van der Waals surface area contributed by atoms with Gasteiger partial charge in [0.1, 0.15) is 5.60 Å². The largest absolute Gasteiger partial charge is 0.444 e. The molecule has 7 heteroatoms.